The van der Waals surface area contributed by atoms with E-state index in [2.05, 4.69) is 39.3 Å². The number of hydrogen-bond donors (Lipinski definition) is 1. The van der Waals surface area contributed by atoms with Crippen LogP contribution >= 0.6 is 15.9 Å². The number of nitrogens with two attached hydrogens (primary N) is 1. The first-order chi connectivity index (χ1) is 9.49. The Kier molecular flexibility index (Phi) is 4.83. The van der Waals surface area contributed by atoms with E-state index < -0.39 is 0 Å². The lowest BCUT2D eigenvalue weighted by Crippen LogP contribution is -2.10. The Balaban J connectivity index is 2.18. The van der Waals surface area contributed by atoms with Crippen molar-refractivity contribution < 1.29 is 4.74 Å². The molecule has 0 aliphatic carbocycles. The predicted molar refractivity (Wildman–Crippen MR) is 83.7 cm³/mol. The van der Waals surface area contributed by atoms with Gasteiger partial charge in [-0.3, -0.25) is 0 Å². The van der Waals surface area contributed by atoms with Crippen LogP contribution in [0.2, 0.25) is 0 Å². The summed E-state index contributed by atoms with van der Waals surface area (Å²) in [6.07, 6.45) is 3.67. The summed E-state index contributed by atoms with van der Waals surface area (Å²) in [5.41, 5.74) is 8.03. The number of aromatic nitrogens is 2. The third-order valence-corrected chi connectivity index (χ3v) is 3.64. The fourth-order valence-electron chi connectivity index (χ4n) is 2.07. The molecule has 0 saturated carbocycles. The molecule has 0 aliphatic heterocycles. The zero-order chi connectivity index (χ0) is 14.7. The van der Waals surface area contributed by atoms with Crippen molar-refractivity contribution in [2.45, 2.75) is 39.5 Å². The van der Waals surface area contributed by atoms with Crippen LogP contribution in [0.5, 0.6) is 5.75 Å². The molecule has 2 N–H and O–H groups in total. The molecule has 4 nitrogen and oxygen atoms in total. The molecule has 2 aromatic rings. The highest BCUT2D eigenvalue weighted by Crippen LogP contribution is 2.28. The van der Waals surface area contributed by atoms with E-state index in [1.165, 1.54) is 0 Å². The molecular formula is C15H20BrN3O. The molecule has 0 saturated heterocycles. The minimum Gasteiger partial charge on any atom is -0.487 e. The molecule has 108 valence electrons. The number of hydrogen-bond acceptors (Lipinski definition) is 3. The molecule has 0 bridgehead atoms. The Morgan fingerprint density at radius 1 is 1.35 bits per heavy atom. The Bertz CT molecular complexity index is 578. The Labute approximate surface area is 128 Å². The molecule has 5 heteroatoms. The SMILES string of the molecule is CC(C)n1cncc1COc1cc(Br)ccc1[C@@H](C)N. The van der Waals surface area contributed by atoms with Crippen molar-refractivity contribution in [3.8, 4) is 5.75 Å². The van der Waals surface area contributed by atoms with E-state index in [0.29, 0.717) is 12.6 Å². The topological polar surface area (TPSA) is 53.1 Å². The largest absolute Gasteiger partial charge is 0.487 e. The van der Waals surface area contributed by atoms with Gasteiger partial charge >= 0.3 is 0 Å². The fourth-order valence-corrected chi connectivity index (χ4v) is 2.41. The molecule has 0 radical (unpaired) electrons. The molecular weight excluding hydrogens is 318 g/mol. The first-order valence-corrected chi connectivity index (χ1v) is 7.47. The molecule has 0 aliphatic rings. The van der Waals surface area contributed by atoms with Crippen LogP contribution in [0.4, 0.5) is 0 Å². The summed E-state index contributed by atoms with van der Waals surface area (Å²) >= 11 is 3.46. The maximum absolute atomic E-state index is 5.98. The molecule has 0 amide bonds. The summed E-state index contributed by atoms with van der Waals surface area (Å²) in [5.74, 6) is 0.811. The van der Waals surface area contributed by atoms with Gasteiger partial charge in [0.1, 0.15) is 12.4 Å². The fraction of sp³-hybridized carbons (Fsp3) is 0.400. The summed E-state index contributed by atoms with van der Waals surface area (Å²) in [6, 6.07) is 6.22. The Hall–Kier alpha value is -1.33. The van der Waals surface area contributed by atoms with E-state index in [4.69, 9.17) is 10.5 Å². The summed E-state index contributed by atoms with van der Waals surface area (Å²) in [5, 5.41) is 0. The second-order valence-electron chi connectivity index (χ2n) is 5.15. The van der Waals surface area contributed by atoms with Crippen LogP contribution in [-0.4, -0.2) is 9.55 Å². The Morgan fingerprint density at radius 3 is 2.75 bits per heavy atom. The van der Waals surface area contributed by atoms with Gasteiger partial charge in [0.25, 0.3) is 0 Å². The molecule has 20 heavy (non-hydrogen) atoms. The minimum absolute atomic E-state index is 0.0619. The number of benzene rings is 1. The summed E-state index contributed by atoms with van der Waals surface area (Å²) < 4.78 is 9.03. The first kappa shape index (κ1) is 15.1. The normalized spacial score (nSPS) is 12.7. The van der Waals surface area contributed by atoms with Crippen molar-refractivity contribution in [1.82, 2.24) is 9.55 Å². The van der Waals surface area contributed by atoms with Crippen LogP contribution in [0.1, 0.15) is 44.1 Å². The number of ether oxygens (including phenoxy) is 1. The van der Waals surface area contributed by atoms with Gasteiger partial charge in [0.15, 0.2) is 0 Å². The van der Waals surface area contributed by atoms with Crippen LogP contribution in [0.25, 0.3) is 0 Å². The molecule has 2 rings (SSSR count). The smallest absolute Gasteiger partial charge is 0.130 e. The molecule has 1 aromatic heterocycles. The second-order valence-corrected chi connectivity index (χ2v) is 6.06. The van der Waals surface area contributed by atoms with E-state index in [9.17, 15) is 0 Å². The van der Waals surface area contributed by atoms with Crippen molar-refractivity contribution >= 4 is 15.9 Å². The summed E-state index contributed by atoms with van der Waals surface area (Å²) in [6.45, 7) is 6.68. The summed E-state index contributed by atoms with van der Waals surface area (Å²) in [4.78, 5) is 4.18. The van der Waals surface area contributed by atoms with Gasteiger partial charge in [0.05, 0.1) is 18.2 Å². The molecule has 1 aromatic carbocycles. The van der Waals surface area contributed by atoms with Crippen molar-refractivity contribution in [2.24, 2.45) is 5.73 Å². The molecule has 0 unspecified atom stereocenters. The zero-order valence-corrected chi connectivity index (χ0v) is 13.6. The van der Waals surface area contributed by atoms with E-state index in [-0.39, 0.29) is 6.04 Å². The number of nitrogens with zero attached hydrogens (tertiary/aromatic N) is 2. The van der Waals surface area contributed by atoms with Gasteiger partial charge in [-0.25, -0.2) is 4.98 Å². The van der Waals surface area contributed by atoms with E-state index in [1.807, 2.05) is 37.6 Å². The highest BCUT2D eigenvalue weighted by molar-refractivity contribution is 9.10. The van der Waals surface area contributed by atoms with Gasteiger partial charge < -0.3 is 15.0 Å². The van der Waals surface area contributed by atoms with Gasteiger partial charge in [-0.15, -0.1) is 0 Å². The average molecular weight is 338 g/mol. The molecule has 0 spiro atoms. The van der Waals surface area contributed by atoms with Crippen LogP contribution < -0.4 is 10.5 Å². The van der Waals surface area contributed by atoms with Gasteiger partial charge in [0.2, 0.25) is 0 Å². The number of rotatable bonds is 5. The molecule has 0 fully saturated rings. The summed E-state index contributed by atoms with van der Waals surface area (Å²) in [7, 11) is 0. The lowest BCUT2D eigenvalue weighted by Gasteiger charge is -2.16. The van der Waals surface area contributed by atoms with Gasteiger partial charge in [-0.2, -0.15) is 0 Å². The highest BCUT2D eigenvalue weighted by Gasteiger charge is 2.11. The standard InChI is InChI=1S/C15H20BrN3O/c1-10(2)19-9-18-7-13(19)8-20-15-6-12(16)4-5-14(15)11(3)17/h4-7,9-11H,8,17H2,1-3H3/t11-/m1/s1. The average Bonchev–Trinajstić information content (AvgIpc) is 2.84. The third kappa shape index (κ3) is 3.41. The molecule has 1 heterocycles. The van der Waals surface area contributed by atoms with E-state index in [0.717, 1.165) is 21.5 Å². The van der Waals surface area contributed by atoms with Crippen molar-refractivity contribution in [3.05, 3.63) is 46.5 Å². The Morgan fingerprint density at radius 2 is 2.10 bits per heavy atom. The van der Waals surface area contributed by atoms with Gasteiger partial charge in [-0.05, 0) is 32.9 Å². The van der Waals surface area contributed by atoms with Crippen LogP contribution in [-0.2, 0) is 6.61 Å². The predicted octanol–water partition coefficient (Wildman–Crippen LogP) is 3.83. The van der Waals surface area contributed by atoms with Crippen molar-refractivity contribution in [3.63, 3.8) is 0 Å². The third-order valence-electron chi connectivity index (χ3n) is 3.14. The van der Waals surface area contributed by atoms with Crippen molar-refractivity contribution in [2.75, 3.05) is 0 Å². The van der Waals surface area contributed by atoms with E-state index >= 15 is 0 Å². The molecule has 1 atom stereocenters. The zero-order valence-electron chi connectivity index (χ0n) is 12.0. The highest BCUT2D eigenvalue weighted by atomic mass is 79.9. The van der Waals surface area contributed by atoms with Crippen LogP contribution in [0, 0.1) is 0 Å². The van der Waals surface area contributed by atoms with Crippen molar-refractivity contribution in [1.29, 1.82) is 0 Å². The van der Waals surface area contributed by atoms with E-state index in [1.54, 1.807) is 0 Å². The number of halogens is 1. The lowest BCUT2D eigenvalue weighted by molar-refractivity contribution is 0.287. The number of imidazole rings is 1. The van der Waals surface area contributed by atoms with Gasteiger partial charge in [-0.1, -0.05) is 22.0 Å². The monoisotopic (exact) mass is 337 g/mol. The second kappa shape index (κ2) is 6.41. The first-order valence-electron chi connectivity index (χ1n) is 6.67. The quantitative estimate of drug-likeness (QED) is 0.902. The lowest BCUT2D eigenvalue weighted by atomic mass is 10.1. The maximum atomic E-state index is 5.98. The van der Waals surface area contributed by atoms with Gasteiger partial charge in [0, 0.05) is 22.1 Å². The van der Waals surface area contributed by atoms with Crippen LogP contribution in [0.3, 0.4) is 0 Å². The minimum atomic E-state index is -0.0619. The van der Waals surface area contributed by atoms with Crippen LogP contribution in [0.15, 0.2) is 35.2 Å². The maximum Gasteiger partial charge on any atom is 0.130 e.